The van der Waals surface area contributed by atoms with Crippen molar-refractivity contribution in [2.24, 2.45) is 0 Å². The number of nitrogens with zero attached hydrogens (tertiary/aromatic N) is 1. The van der Waals surface area contributed by atoms with Gasteiger partial charge in [-0.25, -0.2) is 0 Å². The smallest absolute Gasteiger partial charge is 0.153 e. The van der Waals surface area contributed by atoms with E-state index in [1.165, 1.54) is 6.07 Å². The molecule has 3 heteroatoms. The van der Waals surface area contributed by atoms with E-state index in [1.54, 1.807) is 12.1 Å². The molecule has 0 N–H and O–H groups in total. The number of carbonyl (C=O) groups is 1. The Balaban J connectivity index is 2.15. The van der Waals surface area contributed by atoms with Crippen LogP contribution in [-0.2, 0) is 6.61 Å². The van der Waals surface area contributed by atoms with Crippen LogP contribution >= 0.6 is 0 Å². The summed E-state index contributed by atoms with van der Waals surface area (Å²) in [6, 6.07) is 16.5. The Morgan fingerprint density at radius 3 is 2.61 bits per heavy atom. The topological polar surface area (TPSA) is 50.1 Å². The van der Waals surface area contributed by atoms with Crippen LogP contribution in [0.1, 0.15) is 21.5 Å². The standard InChI is InChI=1S/C15H11NO2/c16-9-13-6-7-15(14(8-13)10-17)18-11-12-4-2-1-3-5-12/h1-8,10H,11H2. The zero-order chi connectivity index (χ0) is 12.8. The second kappa shape index (κ2) is 5.65. The van der Waals surface area contributed by atoms with Gasteiger partial charge in [-0.15, -0.1) is 0 Å². The molecule has 0 saturated heterocycles. The van der Waals surface area contributed by atoms with Crippen LogP contribution in [0.15, 0.2) is 48.5 Å². The van der Waals surface area contributed by atoms with Gasteiger partial charge in [0.15, 0.2) is 6.29 Å². The van der Waals surface area contributed by atoms with Crippen LogP contribution in [-0.4, -0.2) is 6.29 Å². The Morgan fingerprint density at radius 2 is 1.94 bits per heavy atom. The van der Waals surface area contributed by atoms with Gasteiger partial charge in [0.2, 0.25) is 0 Å². The zero-order valence-electron chi connectivity index (χ0n) is 9.67. The molecule has 3 nitrogen and oxygen atoms in total. The van der Waals surface area contributed by atoms with Gasteiger partial charge >= 0.3 is 0 Å². The first-order chi connectivity index (χ1) is 8.83. The van der Waals surface area contributed by atoms with Gasteiger partial charge in [-0.3, -0.25) is 4.79 Å². The largest absolute Gasteiger partial charge is 0.488 e. The monoisotopic (exact) mass is 237 g/mol. The molecular formula is C15H11NO2. The Kier molecular flexibility index (Phi) is 3.72. The van der Waals surface area contributed by atoms with Crippen LogP contribution in [0.3, 0.4) is 0 Å². The minimum Gasteiger partial charge on any atom is -0.488 e. The maximum atomic E-state index is 10.9. The number of hydrogen-bond acceptors (Lipinski definition) is 3. The molecule has 0 atom stereocenters. The Hall–Kier alpha value is -2.60. The molecule has 2 aromatic carbocycles. The van der Waals surface area contributed by atoms with Gasteiger partial charge in [0.25, 0.3) is 0 Å². The lowest BCUT2D eigenvalue weighted by Crippen LogP contribution is -1.98. The van der Waals surface area contributed by atoms with E-state index in [0.29, 0.717) is 29.8 Å². The highest BCUT2D eigenvalue weighted by atomic mass is 16.5. The molecule has 0 amide bonds. The molecule has 88 valence electrons. The van der Waals surface area contributed by atoms with E-state index in [0.717, 1.165) is 5.56 Å². The number of benzene rings is 2. The van der Waals surface area contributed by atoms with Crippen molar-refractivity contribution in [1.82, 2.24) is 0 Å². The van der Waals surface area contributed by atoms with Crippen molar-refractivity contribution in [3.8, 4) is 11.8 Å². The molecule has 0 saturated carbocycles. The van der Waals surface area contributed by atoms with Crippen molar-refractivity contribution in [1.29, 1.82) is 5.26 Å². The Morgan fingerprint density at radius 1 is 1.17 bits per heavy atom. The Labute approximate surface area is 105 Å². The van der Waals surface area contributed by atoms with Gasteiger partial charge in [-0.05, 0) is 23.8 Å². The number of ether oxygens (including phenoxy) is 1. The highest BCUT2D eigenvalue weighted by Crippen LogP contribution is 2.19. The summed E-state index contributed by atoms with van der Waals surface area (Å²) in [6.07, 6.45) is 0.696. The van der Waals surface area contributed by atoms with Crippen LogP contribution in [0.2, 0.25) is 0 Å². The molecule has 0 spiro atoms. The van der Waals surface area contributed by atoms with Gasteiger partial charge in [0.1, 0.15) is 12.4 Å². The first kappa shape index (κ1) is 11.9. The number of nitriles is 1. The summed E-state index contributed by atoms with van der Waals surface area (Å²) in [4.78, 5) is 10.9. The molecule has 18 heavy (non-hydrogen) atoms. The first-order valence-corrected chi connectivity index (χ1v) is 5.49. The molecule has 0 heterocycles. The predicted molar refractivity (Wildman–Crippen MR) is 67.3 cm³/mol. The van der Waals surface area contributed by atoms with Crippen LogP contribution < -0.4 is 4.74 Å². The molecule has 0 bridgehead atoms. The molecular weight excluding hydrogens is 226 g/mol. The van der Waals surface area contributed by atoms with Crippen molar-refractivity contribution in [3.63, 3.8) is 0 Å². The average Bonchev–Trinajstić information content (AvgIpc) is 2.46. The maximum Gasteiger partial charge on any atom is 0.153 e. The molecule has 0 aliphatic heterocycles. The number of carbonyl (C=O) groups excluding carboxylic acids is 1. The van der Waals surface area contributed by atoms with Gasteiger partial charge in [0, 0.05) is 0 Å². The first-order valence-electron chi connectivity index (χ1n) is 5.49. The van der Waals surface area contributed by atoms with Crippen LogP contribution in [0, 0.1) is 11.3 Å². The van der Waals surface area contributed by atoms with Gasteiger partial charge in [-0.1, -0.05) is 30.3 Å². The lowest BCUT2D eigenvalue weighted by atomic mass is 10.1. The highest BCUT2D eigenvalue weighted by molar-refractivity contribution is 5.80. The van der Waals surface area contributed by atoms with Crippen LogP contribution in [0.5, 0.6) is 5.75 Å². The minimum atomic E-state index is 0.394. The molecule has 0 fully saturated rings. The van der Waals surface area contributed by atoms with Crippen LogP contribution in [0.25, 0.3) is 0 Å². The number of hydrogen-bond donors (Lipinski definition) is 0. The molecule has 0 aromatic heterocycles. The zero-order valence-corrected chi connectivity index (χ0v) is 9.67. The maximum absolute atomic E-state index is 10.9. The SMILES string of the molecule is N#Cc1ccc(OCc2ccccc2)c(C=O)c1. The number of aldehydes is 1. The van der Waals surface area contributed by atoms with E-state index in [1.807, 2.05) is 36.4 Å². The summed E-state index contributed by atoms with van der Waals surface area (Å²) in [6.45, 7) is 0.396. The third-order valence-corrected chi connectivity index (χ3v) is 2.50. The van der Waals surface area contributed by atoms with E-state index < -0.39 is 0 Å². The van der Waals surface area contributed by atoms with Gasteiger partial charge < -0.3 is 4.74 Å². The normalized spacial score (nSPS) is 9.50. The quantitative estimate of drug-likeness (QED) is 0.768. The van der Waals surface area contributed by atoms with E-state index >= 15 is 0 Å². The van der Waals surface area contributed by atoms with Crippen molar-refractivity contribution < 1.29 is 9.53 Å². The summed E-state index contributed by atoms with van der Waals surface area (Å²) in [5, 5.41) is 8.75. The summed E-state index contributed by atoms with van der Waals surface area (Å²) in [5.41, 5.74) is 1.87. The van der Waals surface area contributed by atoms with Crippen molar-refractivity contribution in [2.75, 3.05) is 0 Å². The fourth-order valence-corrected chi connectivity index (χ4v) is 1.58. The van der Waals surface area contributed by atoms with E-state index in [-0.39, 0.29) is 0 Å². The summed E-state index contributed by atoms with van der Waals surface area (Å²) in [5.74, 6) is 0.493. The Bertz CT molecular complexity index is 585. The number of rotatable bonds is 4. The second-order valence-corrected chi connectivity index (χ2v) is 3.76. The lowest BCUT2D eigenvalue weighted by Gasteiger charge is -2.08. The van der Waals surface area contributed by atoms with Crippen molar-refractivity contribution in [3.05, 3.63) is 65.2 Å². The summed E-state index contributed by atoms with van der Waals surface area (Å²) < 4.78 is 5.57. The van der Waals surface area contributed by atoms with Gasteiger partial charge in [-0.2, -0.15) is 5.26 Å². The third kappa shape index (κ3) is 2.74. The lowest BCUT2D eigenvalue weighted by molar-refractivity contribution is 0.111. The third-order valence-electron chi connectivity index (χ3n) is 2.50. The minimum absolute atomic E-state index is 0.394. The van der Waals surface area contributed by atoms with Gasteiger partial charge in [0.05, 0.1) is 17.2 Å². The molecule has 0 radical (unpaired) electrons. The average molecular weight is 237 g/mol. The van der Waals surface area contributed by atoms with E-state index in [9.17, 15) is 4.79 Å². The fraction of sp³-hybridized carbons (Fsp3) is 0.0667. The molecule has 0 aliphatic rings. The molecule has 2 aromatic rings. The summed E-state index contributed by atoms with van der Waals surface area (Å²) >= 11 is 0. The van der Waals surface area contributed by atoms with E-state index in [2.05, 4.69) is 0 Å². The molecule has 2 rings (SSSR count). The fourth-order valence-electron chi connectivity index (χ4n) is 1.58. The van der Waals surface area contributed by atoms with E-state index in [4.69, 9.17) is 10.00 Å². The van der Waals surface area contributed by atoms with Crippen molar-refractivity contribution >= 4 is 6.29 Å². The second-order valence-electron chi connectivity index (χ2n) is 3.76. The molecule has 0 unspecified atom stereocenters. The highest BCUT2D eigenvalue weighted by Gasteiger charge is 2.04. The van der Waals surface area contributed by atoms with Crippen LogP contribution in [0.4, 0.5) is 0 Å². The molecule has 0 aliphatic carbocycles. The summed E-state index contributed by atoms with van der Waals surface area (Å²) in [7, 11) is 0. The van der Waals surface area contributed by atoms with Crippen molar-refractivity contribution in [2.45, 2.75) is 6.61 Å². The predicted octanol–water partition coefficient (Wildman–Crippen LogP) is 2.95.